The van der Waals surface area contributed by atoms with Crippen LogP contribution in [-0.2, 0) is 4.79 Å². The molecule has 0 aliphatic heterocycles. The molecule has 0 fully saturated rings. The Labute approximate surface area is 87.1 Å². The molecule has 0 aliphatic carbocycles. The molecule has 1 unspecified atom stereocenters. The van der Waals surface area contributed by atoms with Crippen molar-refractivity contribution in [2.45, 2.75) is 45.8 Å². The first-order valence-corrected chi connectivity index (χ1v) is 5.21. The van der Waals surface area contributed by atoms with E-state index in [0.29, 0.717) is 5.82 Å². The molecule has 0 amide bonds. The van der Waals surface area contributed by atoms with Crippen molar-refractivity contribution in [3.63, 3.8) is 0 Å². The number of nitrogens with zero attached hydrogens (tertiary/aromatic N) is 1. The normalized spacial score (nSPS) is 11.6. The summed E-state index contributed by atoms with van der Waals surface area (Å²) < 4.78 is 0. The van der Waals surface area contributed by atoms with Gasteiger partial charge in [0.2, 0.25) is 6.71 Å². The summed E-state index contributed by atoms with van der Waals surface area (Å²) in [5, 5.41) is 8.57. The van der Waals surface area contributed by atoms with E-state index in [2.05, 4.69) is 20.4 Å². The molecule has 0 aromatic heterocycles. The molecule has 0 bridgehead atoms. The number of hydrogen-bond acceptors (Lipinski definition) is 2. The van der Waals surface area contributed by atoms with Crippen molar-refractivity contribution < 1.29 is 4.79 Å². The fourth-order valence-corrected chi connectivity index (χ4v) is 1.72. The van der Waals surface area contributed by atoms with Gasteiger partial charge in [-0.1, -0.05) is 52.3 Å². The third-order valence-electron chi connectivity index (χ3n) is 2.74. The molecule has 0 N–H and O–H groups in total. The summed E-state index contributed by atoms with van der Waals surface area (Å²) >= 11 is 0. The molecule has 0 spiro atoms. The monoisotopic (exact) mass is 191 g/mol. The minimum atomic E-state index is -0.0900. The van der Waals surface area contributed by atoms with E-state index in [1.165, 1.54) is 0 Å². The van der Waals surface area contributed by atoms with Gasteiger partial charge in [0.1, 0.15) is 11.8 Å². The Morgan fingerprint density at radius 2 is 2.14 bits per heavy atom. The van der Waals surface area contributed by atoms with Gasteiger partial charge in [-0.2, -0.15) is 5.26 Å². The van der Waals surface area contributed by atoms with Crippen molar-refractivity contribution in [1.29, 1.82) is 5.26 Å². The fourth-order valence-electron chi connectivity index (χ4n) is 1.72. The molecule has 1 atom stereocenters. The highest BCUT2D eigenvalue weighted by Crippen LogP contribution is 2.23. The summed E-state index contributed by atoms with van der Waals surface area (Å²) in [7, 11) is 0. The number of allylic oxidation sites excluding steroid dienone is 1. The van der Waals surface area contributed by atoms with Crippen LogP contribution in [0.15, 0.2) is 12.2 Å². The average molecular weight is 191 g/mol. The maximum Gasteiger partial charge on any atom is 0.230 e. The summed E-state index contributed by atoms with van der Waals surface area (Å²) in [6, 6.07) is 1.82. The van der Waals surface area contributed by atoms with Crippen LogP contribution in [0.2, 0.25) is 12.6 Å². The highest BCUT2D eigenvalue weighted by molar-refractivity contribution is 6.92. The van der Waals surface area contributed by atoms with Crippen LogP contribution in [0.5, 0.6) is 0 Å². The third kappa shape index (κ3) is 3.37. The first-order valence-electron chi connectivity index (χ1n) is 5.21. The van der Waals surface area contributed by atoms with Crippen molar-refractivity contribution in [2.75, 3.05) is 0 Å². The van der Waals surface area contributed by atoms with E-state index in [1.807, 2.05) is 12.9 Å². The maximum atomic E-state index is 11.6. The molecule has 0 saturated heterocycles. The summed E-state index contributed by atoms with van der Waals surface area (Å²) in [5.41, 5.74) is -0.000136. The zero-order chi connectivity index (χ0) is 11.1. The Bertz CT molecular complexity index is 255. The van der Waals surface area contributed by atoms with Crippen LogP contribution in [0, 0.1) is 11.3 Å². The van der Waals surface area contributed by atoms with E-state index in [9.17, 15) is 4.79 Å². The second-order valence-corrected chi connectivity index (χ2v) is 3.70. The standard InChI is InChI=1S/C11H18BNO/c1-5-7-10(6-2)12(4)11(14)9(3)8-13/h10H,3,5-7H2,1-2,4H3. The van der Waals surface area contributed by atoms with Crippen LogP contribution in [0.25, 0.3) is 0 Å². The lowest BCUT2D eigenvalue weighted by Gasteiger charge is -2.17. The van der Waals surface area contributed by atoms with Crippen LogP contribution in [-0.4, -0.2) is 12.4 Å². The maximum absolute atomic E-state index is 11.6. The highest BCUT2D eigenvalue weighted by atomic mass is 16.1. The molecule has 14 heavy (non-hydrogen) atoms. The summed E-state index contributed by atoms with van der Waals surface area (Å²) in [5.74, 6) is 0.387. The van der Waals surface area contributed by atoms with Crippen LogP contribution in [0.3, 0.4) is 0 Å². The van der Waals surface area contributed by atoms with Crippen molar-refractivity contribution in [3.8, 4) is 6.07 Å². The Hall–Kier alpha value is -1.04. The summed E-state index contributed by atoms with van der Waals surface area (Å²) in [6.07, 6.45) is 3.11. The number of nitriles is 1. The van der Waals surface area contributed by atoms with Crippen LogP contribution >= 0.6 is 0 Å². The topological polar surface area (TPSA) is 40.9 Å². The molecule has 0 aromatic rings. The minimum Gasteiger partial charge on any atom is -0.305 e. The highest BCUT2D eigenvalue weighted by Gasteiger charge is 2.27. The van der Waals surface area contributed by atoms with E-state index in [1.54, 1.807) is 0 Å². The molecule has 0 aromatic carbocycles. The molecule has 3 heteroatoms. The van der Waals surface area contributed by atoms with Gasteiger partial charge in [-0.25, -0.2) is 0 Å². The molecule has 0 rings (SSSR count). The van der Waals surface area contributed by atoms with Gasteiger partial charge in [-0.3, -0.25) is 0 Å². The van der Waals surface area contributed by atoms with Crippen molar-refractivity contribution in [3.05, 3.63) is 12.2 Å². The minimum absolute atomic E-state index is 0.0629. The SMILES string of the molecule is C=C(C#N)C(=O)B(C)C(CC)CCC. The fraction of sp³-hybridized carbons (Fsp3) is 0.636. The van der Waals surface area contributed by atoms with Gasteiger partial charge in [0.05, 0.1) is 5.57 Å². The molecule has 0 radical (unpaired) electrons. The number of rotatable bonds is 6. The Morgan fingerprint density at radius 1 is 1.57 bits per heavy atom. The van der Waals surface area contributed by atoms with Crippen molar-refractivity contribution in [2.24, 2.45) is 0 Å². The zero-order valence-electron chi connectivity index (χ0n) is 9.34. The second kappa shape index (κ2) is 6.42. The molecule has 0 heterocycles. The zero-order valence-corrected chi connectivity index (χ0v) is 9.34. The molecule has 76 valence electrons. The van der Waals surface area contributed by atoms with Crippen LogP contribution < -0.4 is 0 Å². The van der Waals surface area contributed by atoms with Gasteiger partial charge in [0.15, 0.2) is 0 Å². The predicted octanol–water partition coefficient (Wildman–Crippen LogP) is 2.88. The Balaban J connectivity index is 4.43. The molecular weight excluding hydrogens is 173 g/mol. The largest absolute Gasteiger partial charge is 0.305 e. The Morgan fingerprint density at radius 3 is 2.50 bits per heavy atom. The van der Waals surface area contributed by atoms with Crippen molar-refractivity contribution in [1.82, 2.24) is 0 Å². The van der Waals surface area contributed by atoms with Gasteiger partial charge in [-0.05, 0) is 0 Å². The van der Waals surface area contributed by atoms with Crippen LogP contribution in [0.4, 0.5) is 0 Å². The summed E-state index contributed by atoms with van der Waals surface area (Å²) in [6.45, 7) is 9.49. The van der Waals surface area contributed by atoms with Gasteiger partial charge in [0, 0.05) is 0 Å². The lowest BCUT2D eigenvalue weighted by molar-refractivity contribution is -0.109. The van der Waals surface area contributed by atoms with Gasteiger partial charge in [0.25, 0.3) is 0 Å². The Kier molecular flexibility index (Phi) is 5.95. The van der Waals surface area contributed by atoms with E-state index in [0.717, 1.165) is 19.3 Å². The smallest absolute Gasteiger partial charge is 0.230 e. The van der Waals surface area contributed by atoms with E-state index < -0.39 is 0 Å². The molecule has 0 saturated carbocycles. The van der Waals surface area contributed by atoms with Gasteiger partial charge >= 0.3 is 0 Å². The van der Waals surface area contributed by atoms with Crippen LogP contribution in [0.1, 0.15) is 33.1 Å². The first-order chi connectivity index (χ1) is 6.58. The van der Waals surface area contributed by atoms with Crippen molar-refractivity contribution >= 4 is 12.4 Å². The second-order valence-electron chi connectivity index (χ2n) is 3.70. The van der Waals surface area contributed by atoms with Gasteiger partial charge < -0.3 is 4.79 Å². The predicted molar refractivity (Wildman–Crippen MR) is 60.3 cm³/mol. The van der Waals surface area contributed by atoms with E-state index >= 15 is 0 Å². The quantitative estimate of drug-likeness (QED) is 0.368. The van der Waals surface area contributed by atoms with E-state index in [4.69, 9.17) is 5.26 Å². The number of carbonyl (C=O) groups is 1. The molecule has 0 aliphatic rings. The number of hydrogen-bond donors (Lipinski definition) is 0. The first kappa shape index (κ1) is 13.0. The number of carbonyl (C=O) groups excluding carboxylic acids is 1. The van der Waals surface area contributed by atoms with Gasteiger partial charge in [-0.15, -0.1) is 0 Å². The lowest BCUT2D eigenvalue weighted by Crippen LogP contribution is -2.28. The van der Waals surface area contributed by atoms with E-state index in [-0.39, 0.29) is 18.0 Å². The lowest BCUT2D eigenvalue weighted by atomic mass is 9.38. The molecule has 2 nitrogen and oxygen atoms in total. The molecular formula is C11H18BNO. The average Bonchev–Trinajstić information content (AvgIpc) is 2.22. The third-order valence-corrected chi connectivity index (χ3v) is 2.74. The summed E-state index contributed by atoms with van der Waals surface area (Å²) in [4.78, 5) is 11.6.